The Morgan fingerprint density at radius 2 is 2.32 bits per heavy atom. The highest BCUT2D eigenvalue weighted by Gasteiger charge is 2.35. The number of hydrogen-bond donors (Lipinski definition) is 1. The summed E-state index contributed by atoms with van der Waals surface area (Å²) in [7, 11) is 0. The Morgan fingerprint density at radius 3 is 2.95 bits per heavy atom. The number of carbonyl (C=O) groups excluding carboxylic acids is 1. The third kappa shape index (κ3) is 3.30. The second kappa shape index (κ2) is 5.27. The average Bonchev–Trinajstić information content (AvgIpc) is 2.36. The molecule has 1 aliphatic rings. The van der Waals surface area contributed by atoms with Gasteiger partial charge in [-0.2, -0.15) is 0 Å². The standard InChI is InChI=1S/C14H20N2O3/c1-10-4-11(6-15-5-10)13(18)16-7-12(8-17)19-14(2,3)9-16/h4-6,12,17H,7-9H2,1-3H3. The Hall–Kier alpha value is -1.46. The summed E-state index contributed by atoms with van der Waals surface area (Å²) in [6.45, 7) is 6.58. The van der Waals surface area contributed by atoms with Crippen molar-refractivity contribution in [1.29, 1.82) is 0 Å². The molecular formula is C14H20N2O3. The van der Waals surface area contributed by atoms with Gasteiger partial charge in [-0.3, -0.25) is 9.78 Å². The molecule has 1 atom stereocenters. The minimum Gasteiger partial charge on any atom is -0.394 e. The van der Waals surface area contributed by atoms with Gasteiger partial charge in [0.05, 0.1) is 23.9 Å². The first-order valence-electron chi connectivity index (χ1n) is 6.41. The fourth-order valence-corrected chi connectivity index (χ4v) is 2.40. The van der Waals surface area contributed by atoms with Crippen molar-refractivity contribution in [2.24, 2.45) is 0 Å². The number of aromatic nitrogens is 1. The summed E-state index contributed by atoms with van der Waals surface area (Å²) >= 11 is 0. The smallest absolute Gasteiger partial charge is 0.255 e. The maximum absolute atomic E-state index is 12.4. The second-order valence-corrected chi connectivity index (χ2v) is 5.62. The number of rotatable bonds is 2. The SMILES string of the molecule is Cc1cncc(C(=O)N2CC(CO)OC(C)(C)C2)c1. The third-order valence-electron chi connectivity index (χ3n) is 3.09. The number of amides is 1. The Balaban J connectivity index is 2.18. The van der Waals surface area contributed by atoms with E-state index in [-0.39, 0.29) is 18.6 Å². The molecule has 2 heterocycles. The molecule has 2 rings (SSSR count). The van der Waals surface area contributed by atoms with E-state index in [2.05, 4.69) is 4.98 Å². The minimum absolute atomic E-state index is 0.0639. The number of aryl methyl sites for hydroxylation is 1. The Bertz CT molecular complexity index is 474. The molecule has 1 aliphatic heterocycles. The highest BCUT2D eigenvalue weighted by Crippen LogP contribution is 2.22. The molecule has 1 N–H and O–H groups in total. The molecule has 1 unspecified atom stereocenters. The van der Waals surface area contributed by atoms with Gasteiger partial charge < -0.3 is 14.7 Å². The van der Waals surface area contributed by atoms with Crippen molar-refractivity contribution in [3.05, 3.63) is 29.6 Å². The van der Waals surface area contributed by atoms with Crippen LogP contribution in [0.2, 0.25) is 0 Å². The van der Waals surface area contributed by atoms with E-state index in [9.17, 15) is 9.90 Å². The first-order valence-corrected chi connectivity index (χ1v) is 6.41. The van der Waals surface area contributed by atoms with Gasteiger partial charge in [0.1, 0.15) is 0 Å². The molecule has 1 fully saturated rings. The minimum atomic E-state index is -0.446. The lowest BCUT2D eigenvalue weighted by Crippen LogP contribution is -2.55. The van der Waals surface area contributed by atoms with Crippen LogP contribution in [0.5, 0.6) is 0 Å². The van der Waals surface area contributed by atoms with Gasteiger partial charge >= 0.3 is 0 Å². The maximum atomic E-state index is 12.4. The monoisotopic (exact) mass is 264 g/mol. The largest absolute Gasteiger partial charge is 0.394 e. The third-order valence-corrected chi connectivity index (χ3v) is 3.09. The van der Waals surface area contributed by atoms with Gasteiger partial charge in [0.15, 0.2) is 0 Å². The fraction of sp³-hybridized carbons (Fsp3) is 0.571. The van der Waals surface area contributed by atoms with Crippen LogP contribution in [0.25, 0.3) is 0 Å². The maximum Gasteiger partial charge on any atom is 0.255 e. The zero-order valence-corrected chi connectivity index (χ0v) is 11.6. The van der Waals surface area contributed by atoms with Crippen molar-refractivity contribution < 1.29 is 14.6 Å². The van der Waals surface area contributed by atoms with E-state index >= 15 is 0 Å². The van der Waals surface area contributed by atoms with Gasteiger partial charge in [-0.05, 0) is 32.4 Å². The van der Waals surface area contributed by atoms with Crippen molar-refractivity contribution >= 4 is 5.91 Å². The van der Waals surface area contributed by atoms with Crippen LogP contribution in [0.3, 0.4) is 0 Å². The van der Waals surface area contributed by atoms with Gasteiger partial charge in [-0.25, -0.2) is 0 Å². The first-order chi connectivity index (χ1) is 8.91. The van der Waals surface area contributed by atoms with Gasteiger partial charge in [0, 0.05) is 25.5 Å². The van der Waals surface area contributed by atoms with Crippen LogP contribution in [-0.2, 0) is 4.74 Å². The second-order valence-electron chi connectivity index (χ2n) is 5.62. The summed E-state index contributed by atoms with van der Waals surface area (Å²) in [5.74, 6) is -0.0639. The highest BCUT2D eigenvalue weighted by molar-refractivity contribution is 5.94. The van der Waals surface area contributed by atoms with Crippen LogP contribution in [0.15, 0.2) is 18.5 Å². The molecule has 0 saturated carbocycles. The highest BCUT2D eigenvalue weighted by atomic mass is 16.5. The van der Waals surface area contributed by atoms with E-state index < -0.39 is 5.60 Å². The average molecular weight is 264 g/mol. The summed E-state index contributed by atoms with van der Waals surface area (Å²) < 4.78 is 5.70. The van der Waals surface area contributed by atoms with Crippen LogP contribution in [0.1, 0.15) is 29.8 Å². The molecule has 1 amide bonds. The van der Waals surface area contributed by atoms with Crippen molar-refractivity contribution in [3.63, 3.8) is 0 Å². The Labute approximate surface area is 113 Å². The van der Waals surface area contributed by atoms with Gasteiger partial charge in [-0.1, -0.05) is 0 Å². The fourth-order valence-electron chi connectivity index (χ4n) is 2.40. The van der Waals surface area contributed by atoms with Crippen LogP contribution >= 0.6 is 0 Å². The van der Waals surface area contributed by atoms with Crippen LogP contribution in [-0.4, -0.2) is 52.3 Å². The molecule has 0 radical (unpaired) electrons. The predicted molar refractivity (Wildman–Crippen MR) is 70.9 cm³/mol. The predicted octanol–water partition coefficient (Wildman–Crippen LogP) is 1.00. The van der Waals surface area contributed by atoms with Crippen LogP contribution < -0.4 is 0 Å². The van der Waals surface area contributed by atoms with Crippen LogP contribution in [0.4, 0.5) is 0 Å². The molecule has 1 aromatic rings. The lowest BCUT2D eigenvalue weighted by molar-refractivity contribution is -0.139. The number of ether oxygens (including phenoxy) is 1. The Kier molecular flexibility index (Phi) is 3.87. The zero-order chi connectivity index (χ0) is 14.0. The quantitative estimate of drug-likeness (QED) is 0.865. The number of hydrogen-bond acceptors (Lipinski definition) is 4. The summed E-state index contributed by atoms with van der Waals surface area (Å²) in [5, 5.41) is 9.26. The summed E-state index contributed by atoms with van der Waals surface area (Å²) in [5.41, 5.74) is 1.09. The molecule has 0 spiro atoms. The van der Waals surface area contributed by atoms with Gasteiger partial charge in [0.25, 0.3) is 5.91 Å². The van der Waals surface area contributed by atoms with Crippen LogP contribution in [0, 0.1) is 6.92 Å². The van der Waals surface area contributed by atoms with Gasteiger partial charge in [-0.15, -0.1) is 0 Å². The van der Waals surface area contributed by atoms with E-state index in [4.69, 9.17) is 4.74 Å². The van der Waals surface area contributed by atoms with Crippen molar-refractivity contribution in [2.45, 2.75) is 32.5 Å². The number of morpholine rings is 1. The van der Waals surface area contributed by atoms with Crippen molar-refractivity contribution in [3.8, 4) is 0 Å². The topological polar surface area (TPSA) is 62.7 Å². The molecule has 0 bridgehead atoms. The number of pyridine rings is 1. The number of aliphatic hydroxyl groups is 1. The molecule has 1 saturated heterocycles. The summed E-state index contributed by atoms with van der Waals surface area (Å²) in [6, 6.07) is 1.83. The molecule has 5 heteroatoms. The van der Waals surface area contributed by atoms with E-state index in [1.165, 1.54) is 0 Å². The van der Waals surface area contributed by atoms with Gasteiger partial charge in [0.2, 0.25) is 0 Å². The lowest BCUT2D eigenvalue weighted by atomic mass is 10.0. The number of aliphatic hydroxyl groups excluding tert-OH is 1. The molecule has 5 nitrogen and oxygen atoms in total. The normalized spacial score (nSPS) is 22.3. The lowest BCUT2D eigenvalue weighted by Gasteiger charge is -2.42. The molecule has 1 aromatic heterocycles. The van der Waals surface area contributed by atoms with E-state index in [1.807, 2.05) is 26.8 Å². The number of carbonyl (C=O) groups is 1. The Morgan fingerprint density at radius 1 is 1.58 bits per heavy atom. The molecule has 0 aromatic carbocycles. The van der Waals surface area contributed by atoms with E-state index in [0.717, 1.165) is 5.56 Å². The summed E-state index contributed by atoms with van der Waals surface area (Å²) in [4.78, 5) is 18.2. The van der Waals surface area contributed by atoms with E-state index in [1.54, 1.807) is 17.3 Å². The van der Waals surface area contributed by atoms with E-state index in [0.29, 0.717) is 18.7 Å². The first kappa shape index (κ1) is 14.0. The van der Waals surface area contributed by atoms with Crippen molar-refractivity contribution in [1.82, 2.24) is 9.88 Å². The molecule has 104 valence electrons. The molecule has 0 aliphatic carbocycles. The zero-order valence-electron chi connectivity index (χ0n) is 11.6. The summed E-state index contributed by atoms with van der Waals surface area (Å²) in [6.07, 6.45) is 2.97. The number of nitrogens with zero attached hydrogens (tertiary/aromatic N) is 2. The molecular weight excluding hydrogens is 244 g/mol. The molecule has 19 heavy (non-hydrogen) atoms. The van der Waals surface area contributed by atoms with Crippen molar-refractivity contribution in [2.75, 3.05) is 19.7 Å².